The molecule has 1 fully saturated rings. The molecule has 1 atom stereocenters. The number of nitrogens with two attached hydrogens (primary N) is 1. The van der Waals surface area contributed by atoms with Crippen molar-refractivity contribution in [3.8, 4) is 0 Å². The van der Waals surface area contributed by atoms with E-state index in [1.54, 1.807) is 0 Å². The molecule has 5 heteroatoms. The summed E-state index contributed by atoms with van der Waals surface area (Å²) in [5.74, 6) is 1.39. The van der Waals surface area contributed by atoms with Crippen LogP contribution in [0.1, 0.15) is 39.5 Å². The van der Waals surface area contributed by atoms with Gasteiger partial charge in [0.1, 0.15) is 11.6 Å². The molecule has 1 unspecified atom stereocenters. The van der Waals surface area contributed by atoms with Crippen molar-refractivity contribution in [1.82, 2.24) is 9.97 Å². The van der Waals surface area contributed by atoms with Gasteiger partial charge in [-0.3, -0.25) is 0 Å². The highest BCUT2D eigenvalue weighted by Gasteiger charge is 2.32. The van der Waals surface area contributed by atoms with Gasteiger partial charge in [-0.25, -0.2) is 9.97 Å². The zero-order chi connectivity index (χ0) is 13.2. The Morgan fingerprint density at radius 3 is 2.83 bits per heavy atom. The van der Waals surface area contributed by atoms with Crippen LogP contribution >= 0.6 is 11.8 Å². The van der Waals surface area contributed by atoms with Crippen molar-refractivity contribution in [3.05, 3.63) is 6.07 Å². The average Bonchev–Trinajstić information content (AvgIpc) is 2.31. The largest absolute Gasteiger partial charge is 0.383 e. The molecule has 0 bridgehead atoms. The van der Waals surface area contributed by atoms with E-state index in [-0.39, 0.29) is 0 Å². The molecular weight excluding hydrogens is 244 g/mol. The van der Waals surface area contributed by atoms with E-state index in [9.17, 15) is 0 Å². The Bertz CT molecular complexity index is 419. The number of nitrogen functional groups attached to an aromatic ring is 1. The highest BCUT2D eigenvalue weighted by Crippen LogP contribution is 2.37. The van der Waals surface area contributed by atoms with Crippen LogP contribution in [0.4, 0.5) is 11.6 Å². The van der Waals surface area contributed by atoms with E-state index in [0.717, 1.165) is 11.0 Å². The molecule has 4 nitrogen and oxygen atoms in total. The van der Waals surface area contributed by atoms with Gasteiger partial charge in [0.25, 0.3) is 0 Å². The first kappa shape index (κ1) is 13.5. The third-order valence-electron chi connectivity index (χ3n) is 3.74. The van der Waals surface area contributed by atoms with Gasteiger partial charge < -0.3 is 11.1 Å². The Labute approximate surface area is 113 Å². The first-order chi connectivity index (χ1) is 8.51. The molecule has 1 aromatic heterocycles. The minimum absolute atomic E-state index is 0.317. The summed E-state index contributed by atoms with van der Waals surface area (Å²) in [6.07, 6.45) is 7.04. The molecule has 0 aromatic carbocycles. The molecule has 1 heterocycles. The Kier molecular flexibility index (Phi) is 4.00. The molecule has 1 aromatic rings. The predicted octanol–water partition coefficient (Wildman–Crippen LogP) is 3.16. The average molecular weight is 266 g/mol. The van der Waals surface area contributed by atoms with Gasteiger partial charge in [-0.1, -0.05) is 38.5 Å². The second kappa shape index (κ2) is 5.34. The number of nitrogens with one attached hydrogen (secondary N) is 1. The lowest BCUT2D eigenvalue weighted by molar-refractivity contribution is 0.216. The standard InChI is InChI=1S/C13H22N4S/c1-13(2)7-5-4-6-9(13)15-11-8-10(14)16-12(17-11)18-3/h8-9H,4-7H2,1-3H3,(H3,14,15,16,17). The summed E-state index contributed by atoms with van der Waals surface area (Å²) >= 11 is 1.52. The van der Waals surface area contributed by atoms with Crippen LogP contribution in [-0.2, 0) is 0 Å². The third kappa shape index (κ3) is 3.07. The van der Waals surface area contributed by atoms with Crippen molar-refractivity contribution < 1.29 is 0 Å². The normalized spacial score (nSPS) is 22.7. The Balaban J connectivity index is 2.15. The number of hydrogen-bond acceptors (Lipinski definition) is 5. The van der Waals surface area contributed by atoms with Crippen LogP contribution in [0.2, 0.25) is 0 Å². The number of thioether (sulfide) groups is 1. The van der Waals surface area contributed by atoms with Crippen molar-refractivity contribution in [2.75, 3.05) is 17.3 Å². The number of nitrogens with zero attached hydrogens (tertiary/aromatic N) is 2. The third-order valence-corrected chi connectivity index (χ3v) is 4.29. The number of hydrogen-bond donors (Lipinski definition) is 2. The molecule has 1 aliphatic carbocycles. The summed E-state index contributed by atoms with van der Waals surface area (Å²) in [7, 11) is 0. The van der Waals surface area contributed by atoms with Crippen molar-refractivity contribution in [1.29, 1.82) is 0 Å². The summed E-state index contributed by atoms with van der Waals surface area (Å²) in [6.45, 7) is 4.65. The number of rotatable bonds is 3. The van der Waals surface area contributed by atoms with Gasteiger partial charge in [0, 0.05) is 12.1 Å². The van der Waals surface area contributed by atoms with Crippen LogP contribution in [-0.4, -0.2) is 22.3 Å². The van der Waals surface area contributed by atoms with Crippen LogP contribution in [0.5, 0.6) is 0 Å². The zero-order valence-electron chi connectivity index (χ0n) is 11.4. The smallest absolute Gasteiger partial charge is 0.191 e. The van der Waals surface area contributed by atoms with Crippen LogP contribution in [0.25, 0.3) is 0 Å². The van der Waals surface area contributed by atoms with Gasteiger partial charge in [-0.15, -0.1) is 0 Å². The summed E-state index contributed by atoms with van der Waals surface area (Å²) in [5, 5.41) is 4.27. The fraction of sp³-hybridized carbons (Fsp3) is 0.692. The van der Waals surface area contributed by atoms with Gasteiger partial charge in [0.2, 0.25) is 0 Å². The van der Waals surface area contributed by atoms with E-state index in [2.05, 4.69) is 29.1 Å². The minimum atomic E-state index is 0.317. The van der Waals surface area contributed by atoms with Crippen molar-refractivity contribution in [2.24, 2.45) is 5.41 Å². The molecule has 1 aliphatic rings. The molecule has 2 rings (SSSR count). The summed E-state index contributed by atoms with van der Waals surface area (Å²) in [4.78, 5) is 8.64. The predicted molar refractivity (Wildman–Crippen MR) is 77.9 cm³/mol. The molecule has 100 valence electrons. The van der Waals surface area contributed by atoms with E-state index in [1.807, 2.05) is 12.3 Å². The van der Waals surface area contributed by atoms with E-state index < -0.39 is 0 Å². The maximum atomic E-state index is 5.80. The summed E-state index contributed by atoms with van der Waals surface area (Å²) in [6, 6.07) is 2.29. The molecule has 1 saturated carbocycles. The molecule has 0 spiro atoms. The monoisotopic (exact) mass is 266 g/mol. The van der Waals surface area contributed by atoms with Gasteiger partial charge >= 0.3 is 0 Å². The first-order valence-corrected chi connectivity index (χ1v) is 7.69. The van der Waals surface area contributed by atoms with E-state index >= 15 is 0 Å². The quantitative estimate of drug-likeness (QED) is 0.650. The number of anilines is 2. The Hall–Kier alpha value is -0.970. The molecule has 0 amide bonds. The molecule has 0 aliphatic heterocycles. The van der Waals surface area contributed by atoms with Crippen LogP contribution in [0.3, 0.4) is 0 Å². The second-order valence-electron chi connectivity index (χ2n) is 5.60. The molecule has 0 radical (unpaired) electrons. The van der Waals surface area contributed by atoms with E-state index in [4.69, 9.17) is 5.73 Å². The minimum Gasteiger partial charge on any atom is -0.383 e. The van der Waals surface area contributed by atoms with Crippen LogP contribution in [0.15, 0.2) is 11.2 Å². The lowest BCUT2D eigenvalue weighted by Crippen LogP contribution is -2.39. The molecule has 3 N–H and O–H groups in total. The summed E-state index contributed by atoms with van der Waals surface area (Å²) in [5.41, 5.74) is 6.12. The lowest BCUT2D eigenvalue weighted by atomic mass is 9.73. The van der Waals surface area contributed by atoms with E-state index in [1.165, 1.54) is 37.4 Å². The highest BCUT2D eigenvalue weighted by molar-refractivity contribution is 7.98. The fourth-order valence-corrected chi connectivity index (χ4v) is 2.93. The lowest BCUT2D eigenvalue weighted by Gasteiger charge is -2.39. The summed E-state index contributed by atoms with van der Waals surface area (Å²) < 4.78 is 0. The molecule has 18 heavy (non-hydrogen) atoms. The van der Waals surface area contributed by atoms with E-state index in [0.29, 0.717) is 17.3 Å². The Morgan fingerprint density at radius 2 is 2.17 bits per heavy atom. The van der Waals surface area contributed by atoms with Crippen LogP contribution < -0.4 is 11.1 Å². The maximum Gasteiger partial charge on any atom is 0.191 e. The Morgan fingerprint density at radius 1 is 1.39 bits per heavy atom. The SMILES string of the molecule is CSc1nc(N)cc(NC2CCCCC2(C)C)n1. The molecule has 0 saturated heterocycles. The topological polar surface area (TPSA) is 63.8 Å². The van der Waals surface area contributed by atoms with Crippen LogP contribution in [0, 0.1) is 5.41 Å². The second-order valence-corrected chi connectivity index (χ2v) is 6.37. The van der Waals surface area contributed by atoms with Gasteiger partial charge in [-0.05, 0) is 24.5 Å². The van der Waals surface area contributed by atoms with Crippen molar-refractivity contribution in [3.63, 3.8) is 0 Å². The van der Waals surface area contributed by atoms with Crippen molar-refractivity contribution >= 4 is 23.4 Å². The highest BCUT2D eigenvalue weighted by atomic mass is 32.2. The zero-order valence-corrected chi connectivity index (χ0v) is 12.2. The fourth-order valence-electron chi connectivity index (χ4n) is 2.55. The van der Waals surface area contributed by atoms with Gasteiger partial charge in [0.15, 0.2) is 5.16 Å². The van der Waals surface area contributed by atoms with Gasteiger partial charge in [-0.2, -0.15) is 0 Å². The van der Waals surface area contributed by atoms with Gasteiger partial charge in [0.05, 0.1) is 0 Å². The molecular formula is C13H22N4S. The first-order valence-electron chi connectivity index (χ1n) is 6.46. The number of aromatic nitrogens is 2. The maximum absolute atomic E-state index is 5.80. The van der Waals surface area contributed by atoms with Crippen molar-refractivity contribution in [2.45, 2.75) is 50.7 Å².